The fourth-order valence-electron chi connectivity index (χ4n) is 9.87. The van der Waals surface area contributed by atoms with Crippen molar-refractivity contribution in [2.45, 2.75) is 108 Å². The zero-order valence-corrected chi connectivity index (χ0v) is 35.9. The van der Waals surface area contributed by atoms with E-state index in [1.54, 1.807) is 0 Å². The van der Waals surface area contributed by atoms with Gasteiger partial charge in [-0.05, 0) is 88.3 Å². The van der Waals surface area contributed by atoms with Gasteiger partial charge in [0, 0.05) is 90.2 Å². The van der Waals surface area contributed by atoms with Gasteiger partial charge in [0.1, 0.15) is 41.8 Å². The lowest BCUT2D eigenvalue weighted by Crippen LogP contribution is -2.41. The van der Waals surface area contributed by atoms with Crippen LogP contribution in [-0.4, -0.2) is 81.1 Å². The number of hydrogen-bond donors (Lipinski definition) is 1. The highest BCUT2D eigenvalue weighted by Gasteiger charge is 2.39. The number of aryl methyl sites for hydroxylation is 2. The molecule has 0 saturated heterocycles. The van der Waals surface area contributed by atoms with E-state index in [-0.39, 0.29) is 23.5 Å². The largest absolute Gasteiger partial charge is 0.478 e. The van der Waals surface area contributed by atoms with Gasteiger partial charge < -0.3 is 24.2 Å². The molecule has 0 atom stereocenters. The van der Waals surface area contributed by atoms with E-state index < -0.39 is 39.4 Å². The summed E-state index contributed by atoms with van der Waals surface area (Å²) in [4.78, 5) is 27.8. The van der Waals surface area contributed by atoms with Crippen molar-refractivity contribution >= 4 is 46.4 Å². The van der Waals surface area contributed by atoms with Crippen molar-refractivity contribution < 1.29 is 42.1 Å². The Labute approximate surface area is 359 Å². The summed E-state index contributed by atoms with van der Waals surface area (Å²) < 4.78 is 70.6. The van der Waals surface area contributed by atoms with E-state index in [9.17, 15) is 14.7 Å². The molecule has 8 nitrogen and oxygen atoms in total. The van der Waals surface area contributed by atoms with Gasteiger partial charge in [0.25, 0.3) is 0 Å². The Kier molecular flexibility index (Phi) is 14.1. The lowest BCUT2D eigenvalue weighted by atomic mass is 9.82. The number of Topliss-reactive ketones (excluding diaryl/α,β-unsaturated/α-hetero) is 1. The van der Waals surface area contributed by atoms with Crippen LogP contribution in [0.3, 0.4) is 0 Å². The van der Waals surface area contributed by atoms with Crippen molar-refractivity contribution in [1.29, 1.82) is 0 Å². The van der Waals surface area contributed by atoms with E-state index >= 15 is 13.2 Å². The molecular weight excluding hydrogens is 813 g/mol. The molecular formula is C47H55ClF3N2O6S+. The van der Waals surface area contributed by atoms with Crippen molar-refractivity contribution in [2.24, 2.45) is 0 Å². The van der Waals surface area contributed by atoms with E-state index in [4.69, 9.17) is 25.8 Å². The molecule has 60 heavy (non-hydrogen) atoms. The number of fused-ring (bicyclic) bond motifs is 4. The molecule has 0 amide bonds. The van der Waals surface area contributed by atoms with Crippen LogP contribution in [0.4, 0.5) is 18.9 Å². The maximum absolute atomic E-state index is 17.5. The van der Waals surface area contributed by atoms with Crippen LogP contribution in [0.25, 0.3) is 5.57 Å². The van der Waals surface area contributed by atoms with Crippen molar-refractivity contribution in [2.75, 3.05) is 69.1 Å². The third-order valence-corrected chi connectivity index (χ3v) is 14.0. The molecule has 0 radical (unpaired) electrons. The van der Waals surface area contributed by atoms with Crippen LogP contribution in [0.15, 0.2) is 17.0 Å². The Morgan fingerprint density at radius 2 is 1.52 bits per heavy atom. The second-order valence-electron chi connectivity index (χ2n) is 16.6. The molecule has 5 aliphatic heterocycles. The van der Waals surface area contributed by atoms with Crippen molar-refractivity contribution in [3.8, 4) is 11.5 Å². The van der Waals surface area contributed by atoms with Crippen molar-refractivity contribution in [3.05, 3.63) is 79.1 Å². The molecule has 322 valence electrons. The second-order valence-corrected chi connectivity index (χ2v) is 18.0. The maximum Gasteiger partial charge on any atom is 0.339 e. The van der Waals surface area contributed by atoms with Crippen LogP contribution in [-0.2, 0) is 40.0 Å². The number of hydrogen-bond acceptors (Lipinski definition) is 7. The number of thioether (sulfide) groups is 1. The lowest BCUT2D eigenvalue weighted by molar-refractivity contribution is -0.117. The fourth-order valence-corrected chi connectivity index (χ4v) is 11.0. The van der Waals surface area contributed by atoms with E-state index in [1.807, 2.05) is 12.1 Å². The summed E-state index contributed by atoms with van der Waals surface area (Å²) in [5, 5.41) is 12.2. The predicted molar refractivity (Wildman–Crippen MR) is 229 cm³/mol. The van der Waals surface area contributed by atoms with Gasteiger partial charge in [0.2, 0.25) is 5.36 Å². The average Bonchev–Trinajstić information content (AvgIpc) is 3.59. The molecule has 1 N–H and O–H groups in total. The number of anilines is 1. The van der Waals surface area contributed by atoms with Gasteiger partial charge >= 0.3 is 5.97 Å². The SMILES string of the molecule is O=C(CCCOCCOCCCCCCCl)CSc1c(F)c(F)c(C(=O)O)c(C2=c3cc4c5c(c3Oc3c2cc2c6c3CCCN6CCCC2)CCC[N+]=5CCCC4)c1F. The first kappa shape index (κ1) is 43.1. The van der Waals surface area contributed by atoms with E-state index in [2.05, 4.69) is 9.48 Å². The third-order valence-electron chi connectivity index (χ3n) is 12.6. The molecule has 3 aromatic carbocycles. The molecule has 5 heterocycles. The number of aromatic carboxylic acids is 1. The minimum Gasteiger partial charge on any atom is -0.478 e. The lowest BCUT2D eigenvalue weighted by Gasteiger charge is -2.35. The molecule has 0 aliphatic carbocycles. The van der Waals surface area contributed by atoms with Crippen LogP contribution in [0.5, 0.6) is 11.5 Å². The van der Waals surface area contributed by atoms with Crippen LogP contribution in [0, 0.1) is 17.5 Å². The molecule has 13 heteroatoms. The number of carbonyl (C=O) groups excluding carboxylic acids is 1. The number of alkyl halides is 1. The van der Waals surface area contributed by atoms with E-state index in [0.29, 0.717) is 72.8 Å². The summed E-state index contributed by atoms with van der Waals surface area (Å²) in [6, 6.07) is 3.97. The molecule has 0 saturated carbocycles. The topological polar surface area (TPSA) is 88.3 Å². The summed E-state index contributed by atoms with van der Waals surface area (Å²) in [6.45, 7) is 5.46. The molecule has 0 spiro atoms. The number of nitrogens with zero attached hydrogens (tertiary/aromatic N) is 2. The number of carbonyl (C=O) groups is 2. The monoisotopic (exact) mass is 867 g/mol. The van der Waals surface area contributed by atoms with Gasteiger partial charge in [-0.2, -0.15) is 0 Å². The van der Waals surface area contributed by atoms with Gasteiger partial charge in [0.05, 0.1) is 29.4 Å². The Morgan fingerprint density at radius 3 is 2.33 bits per heavy atom. The summed E-state index contributed by atoms with van der Waals surface area (Å²) in [7, 11) is 0. The van der Waals surface area contributed by atoms with E-state index in [1.165, 1.54) is 0 Å². The summed E-state index contributed by atoms with van der Waals surface area (Å²) in [5.41, 5.74) is 4.41. The fraction of sp³-hybridized carbons (Fsp3) is 0.553. The van der Waals surface area contributed by atoms with Crippen LogP contribution in [0.1, 0.15) is 121 Å². The normalized spacial score (nSPS) is 16.6. The Balaban J connectivity index is 1.15. The Morgan fingerprint density at radius 1 is 0.783 bits per heavy atom. The minimum absolute atomic E-state index is 0.103. The first-order valence-corrected chi connectivity index (χ1v) is 23.5. The van der Waals surface area contributed by atoms with Crippen LogP contribution < -0.4 is 24.8 Å². The highest BCUT2D eigenvalue weighted by Crippen LogP contribution is 2.50. The number of carboxylic acids is 1. The van der Waals surface area contributed by atoms with Crippen molar-refractivity contribution in [3.63, 3.8) is 0 Å². The number of unbranched alkanes of at least 4 members (excludes halogenated alkanes) is 3. The van der Waals surface area contributed by atoms with E-state index in [0.717, 1.165) is 149 Å². The third kappa shape index (κ3) is 8.72. The molecule has 5 aliphatic rings. The number of rotatable bonds is 18. The zero-order chi connectivity index (χ0) is 41.8. The molecule has 3 aromatic rings. The predicted octanol–water partition coefficient (Wildman–Crippen LogP) is 8.29. The highest BCUT2D eigenvalue weighted by molar-refractivity contribution is 8.00. The molecule has 0 bridgehead atoms. The summed E-state index contributed by atoms with van der Waals surface area (Å²) >= 11 is 6.28. The molecule has 0 fully saturated rings. The van der Waals surface area contributed by atoms with Crippen molar-refractivity contribution in [1.82, 2.24) is 4.58 Å². The number of halogens is 4. The average molecular weight is 868 g/mol. The quantitative estimate of drug-likeness (QED) is 0.0352. The molecule has 0 aromatic heterocycles. The number of ketones is 1. The maximum atomic E-state index is 17.5. The number of carboxylic acid groups (broad SMARTS) is 1. The van der Waals surface area contributed by atoms with Gasteiger partial charge in [-0.3, -0.25) is 4.79 Å². The summed E-state index contributed by atoms with van der Waals surface area (Å²) in [5.74, 6) is -5.06. The molecule has 0 unspecified atom stereocenters. The van der Waals surface area contributed by atoms with Gasteiger partial charge in [0.15, 0.2) is 11.6 Å². The van der Waals surface area contributed by atoms with Crippen LogP contribution in [0.2, 0.25) is 0 Å². The highest BCUT2D eigenvalue weighted by atomic mass is 35.5. The zero-order valence-electron chi connectivity index (χ0n) is 34.3. The number of ether oxygens (including phenoxy) is 3. The molecule has 8 rings (SSSR count). The Hall–Kier alpha value is -3.58. The smallest absolute Gasteiger partial charge is 0.339 e. The summed E-state index contributed by atoms with van der Waals surface area (Å²) in [6.07, 6.45) is 13.3. The van der Waals surface area contributed by atoms with Gasteiger partial charge in [-0.1, -0.05) is 12.8 Å². The minimum atomic E-state index is -1.77. The number of benzene rings is 3. The van der Waals surface area contributed by atoms with Gasteiger partial charge in [-0.25, -0.2) is 22.5 Å². The second kappa shape index (κ2) is 19.6. The first-order valence-electron chi connectivity index (χ1n) is 22.0. The van der Waals surface area contributed by atoms with Gasteiger partial charge in [-0.15, -0.1) is 23.4 Å². The van der Waals surface area contributed by atoms with Crippen LogP contribution >= 0.6 is 23.4 Å². The standard InChI is InChI=1S/C47H54ClF3N2O6S/c48-17-5-1-2-8-22-57-24-25-58-23-11-14-31(54)28-60-46-40(50)37(38(47(55)56)39(49)41(46)51)36-34-26-29-12-3-6-18-52-20-9-15-32(42(29)52)44(34)59-45-33-16-10-21-53-19-7-4-13-30(43(33)53)27-35(36)45/h26-27H,1-25,28H2/p+1. The Bertz CT molecular complexity index is 2290. The first-order chi connectivity index (χ1) is 29.3.